The standard InChI is InChI=1S/C16H17NO2/c18-16(17-9-3-4-10-17)19-12-13-7-8-14-5-1-2-6-15(14)11-13/h1-2,5-8,11H,3-4,9-10,12H2. The van der Waals surface area contributed by atoms with Gasteiger partial charge in [-0.15, -0.1) is 0 Å². The molecule has 0 atom stereocenters. The van der Waals surface area contributed by atoms with Gasteiger partial charge in [0.1, 0.15) is 6.61 Å². The average Bonchev–Trinajstić information content (AvgIpc) is 2.99. The van der Waals surface area contributed by atoms with E-state index in [1.165, 1.54) is 10.8 Å². The normalized spacial score (nSPS) is 14.8. The first-order valence-corrected chi connectivity index (χ1v) is 6.72. The van der Waals surface area contributed by atoms with Crippen molar-refractivity contribution in [2.45, 2.75) is 19.4 Å². The Morgan fingerprint density at radius 2 is 1.79 bits per heavy atom. The molecule has 1 fully saturated rings. The summed E-state index contributed by atoms with van der Waals surface area (Å²) < 4.78 is 5.35. The molecule has 0 aromatic heterocycles. The molecule has 1 aliphatic rings. The van der Waals surface area contributed by atoms with Gasteiger partial charge in [-0.25, -0.2) is 4.79 Å². The van der Waals surface area contributed by atoms with Crippen LogP contribution in [0.15, 0.2) is 42.5 Å². The highest BCUT2D eigenvalue weighted by molar-refractivity contribution is 5.83. The Balaban J connectivity index is 1.66. The van der Waals surface area contributed by atoms with Gasteiger partial charge in [-0.1, -0.05) is 36.4 Å². The van der Waals surface area contributed by atoms with E-state index in [9.17, 15) is 4.79 Å². The van der Waals surface area contributed by atoms with E-state index in [1.807, 2.05) is 18.2 Å². The third kappa shape index (κ3) is 2.70. The molecule has 2 aromatic carbocycles. The second-order valence-electron chi connectivity index (χ2n) is 4.93. The molecule has 0 aliphatic carbocycles. The molecular weight excluding hydrogens is 238 g/mol. The van der Waals surface area contributed by atoms with Crippen LogP contribution in [0.3, 0.4) is 0 Å². The van der Waals surface area contributed by atoms with Crippen LogP contribution in [0.2, 0.25) is 0 Å². The van der Waals surface area contributed by atoms with Crippen LogP contribution in [0.4, 0.5) is 4.79 Å². The fraction of sp³-hybridized carbons (Fsp3) is 0.312. The highest BCUT2D eigenvalue weighted by Gasteiger charge is 2.18. The van der Waals surface area contributed by atoms with Gasteiger partial charge in [0.25, 0.3) is 0 Å². The molecule has 98 valence electrons. The highest BCUT2D eigenvalue weighted by atomic mass is 16.6. The first-order chi connectivity index (χ1) is 9.33. The summed E-state index contributed by atoms with van der Waals surface area (Å²) in [7, 11) is 0. The Bertz CT molecular complexity index is 588. The summed E-state index contributed by atoms with van der Waals surface area (Å²) in [6.45, 7) is 2.01. The molecule has 1 amide bonds. The van der Waals surface area contributed by atoms with Crippen molar-refractivity contribution in [3.8, 4) is 0 Å². The Morgan fingerprint density at radius 3 is 2.58 bits per heavy atom. The number of rotatable bonds is 2. The Morgan fingerprint density at radius 1 is 1.05 bits per heavy atom. The molecule has 1 saturated heterocycles. The molecule has 1 heterocycles. The molecular formula is C16H17NO2. The molecule has 3 nitrogen and oxygen atoms in total. The summed E-state index contributed by atoms with van der Waals surface area (Å²) in [5.74, 6) is 0. The molecule has 0 unspecified atom stereocenters. The number of ether oxygens (including phenoxy) is 1. The van der Waals surface area contributed by atoms with E-state index < -0.39 is 0 Å². The van der Waals surface area contributed by atoms with Crippen LogP contribution in [0, 0.1) is 0 Å². The Hall–Kier alpha value is -2.03. The molecule has 0 radical (unpaired) electrons. The SMILES string of the molecule is O=C(OCc1ccc2ccccc2c1)N1CCCC1. The monoisotopic (exact) mass is 255 g/mol. The van der Waals surface area contributed by atoms with Crippen molar-refractivity contribution in [3.05, 3.63) is 48.0 Å². The topological polar surface area (TPSA) is 29.5 Å². The van der Waals surface area contributed by atoms with Crippen LogP contribution in [-0.2, 0) is 11.3 Å². The number of carbonyl (C=O) groups is 1. The summed E-state index contributed by atoms with van der Waals surface area (Å²) in [6.07, 6.45) is 1.99. The van der Waals surface area contributed by atoms with Crippen LogP contribution in [0.25, 0.3) is 10.8 Å². The molecule has 1 aliphatic heterocycles. The fourth-order valence-electron chi connectivity index (χ4n) is 2.46. The summed E-state index contributed by atoms with van der Waals surface area (Å²) in [6, 6.07) is 14.3. The van der Waals surface area contributed by atoms with Crippen molar-refractivity contribution >= 4 is 16.9 Å². The van der Waals surface area contributed by atoms with Crippen molar-refractivity contribution in [2.24, 2.45) is 0 Å². The summed E-state index contributed by atoms with van der Waals surface area (Å²) in [5, 5.41) is 2.38. The first kappa shape index (κ1) is 12.0. The van der Waals surface area contributed by atoms with E-state index in [0.29, 0.717) is 6.61 Å². The van der Waals surface area contributed by atoms with Crippen molar-refractivity contribution in [2.75, 3.05) is 13.1 Å². The van der Waals surface area contributed by atoms with Crippen LogP contribution in [0.5, 0.6) is 0 Å². The molecule has 3 rings (SSSR count). The molecule has 0 bridgehead atoms. The molecule has 0 saturated carbocycles. The predicted octanol–water partition coefficient (Wildman–Crippen LogP) is 3.57. The summed E-state index contributed by atoms with van der Waals surface area (Å²) in [5.41, 5.74) is 1.03. The first-order valence-electron chi connectivity index (χ1n) is 6.72. The number of hydrogen-bond donors (Lipinski definition) is 0. The highest BCUT2D eigenvalue weighted by Crippen LogP contribution is 2.17. The van der Waals surface area contributed by atoms with Gasteiger partial charge in [-0.3, -0.25) is 0 Å². The van der Waals surface area contributed by atoms with E-state index in [0.717, 1.165) is 31.5 Å². The molecule has 0 spiro atoms. The molecule has 3 heteroatoms. The van der Waals surface area contributed by atoms with Crippen molar-refractivity contribution in [1.29, 1.82) is 0 Å². The summed E-state index contributed by atoms with van der Waals surface area (Å²) in [4.78, 5) is 13.6. The minimum Gasteiger partial charge on any atom is -0.445 e. The Labute approximate surface area is 112 Å². The van der Waals surface area contributed by atoms with Gasteiger partial charge < -0.3 is 9.64 Å². The van der Waals surface area contributed by atoms with Gasteiger partial charge in [-0.05, 0) is 35.2 Å². The quantitative estimate of drug-likeness (QED) is 0.821. The fourth-order valence-corrected chi connectivity index (χ4v) is 2.46. The van der Waals surface area contributed by atoms with Gasteiger partial charge in [-0.2, -0.15) is 0 Å². The number of amides is 1. The smallest absolute Gasteiger partial charge is 0.410 e. The lowest BCUT2D eigenvalue weighted by molar-refractivity contribution is 0.104. The zero-order valence-corrected chi connectivity index (χ0v) is 10.8. The maximum absolute atomic E-state index is 11.8. The number of benzene rings is 2. The van der Waals surface area contributed by atoms with Crippen LogP contribution in [-0.4, -0.2) is 24.1 Å². The van der Waals surface area contributed by atoms with Crippen LogP contribution in [0.1, 0.15) is 18.4 Å². The lowest BCUT2D eigenvalue weighted by Crippen LogP contribution is -2.28. The maximum Gasteiger partial charge on any atom is 0.410 e. The number of fused-ring (bicyclic) bond motifs is 1. The minimum atomic E-state index is -0.189. The second kappa shape index (κ2) is 5.31. The lowest BCUT2D eigenvalue weighted by atomic mass is 10.1. The van der Waals surface area contributed by atoms with E-state index in [1.54, 1.807) is 4.90 Å². The lowest BCUT2D eigenvalue weighted by Gasteiger charge is -2.15. The average molecular weight is 255 g/mol. The number of carbonyl (C=O) groups excluding carboxylic acids is 1. The maximum atomic E-state index is 11.8. The van der Waals surface area contributed by atoms with Gasteiger partial charge in [0.2, 0.25) is 0 Å². The van der Waals surface area contributed by atoms with Gasteiger partial charge >= 0.3 is 6.09 Å². The zero-order chi connectivity index (χ0) is 13.1. The number of nitrogens with zero attached hydrogens (tertiary/aromatic N) is 1. The largest absolute Gasteiger partial charge is 0.445 e. The number of likely N-dealkylation sites (tertiary alicyclic amines) is 1. The van der Waals surface area contributed by atoms with Crippen molar-refractivity contribution in [3.63, 3.8) is 0 Å². The molecule has 0 N–H and O–H groups in total. The van der Waals surface area contributed by atoms with Crippen molar-refractivity contribution < 1.29 is 9.53 Å². The van der Waals surface area contributed by atoms with Crippen molar-refractivity contribution in [1.82, 2.24) is 4.90 Å². The molecule has 19 heavy (non-hydrogen) atoms. The van der Waals surface area contributed by atoms with E-state index in [4.69, 9.17) is 4.74 Å². The summed E-state index contributed by atoms with van der Waals surface area (Å²) >= 11 is 0. The second-order valence-corrected chi connectivity index (χ2v) is 4.93. The van der Waals surface area contributed by atoms with Gasteiger partial charge in [0, 0.05) is 13.1 Å². The van der Waals surface area contributed by atoms with Crippen LogP contribution < -0.4 is 0 Å². The third-order valence-electron chi connectivity index (χ3n) is 3.54. The zero-order valence-electron chi connectivity index (χ0n) is 10.8. The Kier molecular flexibility index (Phi) is 3.36. The van der Waals surface area contributed by atoms with E-state index >= 15 is 0 Å². The van der Waals surface area contributed by atoms with Gasteiger partial charge in [0.15, 0.2) is 0 Å². The minimum absolute atomic E-state index is 0.189. The number of hydrogen-bond acceptors (Lipinski definition) is 2. The predicted molar refractivity (Wildman–Crippen MR) is 74.9 cm³/mol. The van der Waals surface area contributed by atoms with E-state index in [-0.39, 0.29) is 6.09 Å². The molecule has 2 aromatic rings. The van der Waals surface area contributed by atoms with Gasteiger partial charge in [0.05, 0.1) is 0 Å². The van der Waals surface area contributed by atoms with E-state index in [2.05, 4.69) is 24.3 Å². The van der Waals surface area contributed by atoms with Crippen LogP contribution >= 0.6 is 0 Å². The third-order valence-corrected chi connectivity index (χ3v) is 3.54.